The number of H-pyrrole nitrogens is 1. The van der Waals surface area contributed by atoms with Crippen LogP contribution in [-0.4, -0.2) is 4.98 Å². The number of fused-ring (bicyclic) bond motifs is 1. The molecule has 0 aliphatic rings. The van der Waals surface area contributed by atoms with E-state index in [1.165, 1.54) is 6.07 Å². The Morgan fingerprint density at radius 3 is 2.85 bits per heavy atom. The Morgan fingerprint density at radius 1 is 1.23 bits per heavy atom. The number of para-hydroxylation sites is 1. The third-order valence-corrected chi connectivity index (χ3v) is 1.88. The first-order valence-corrected chi connectivity index (χ1v) is 3.83. The molecule has 1 heterocycles. The van der Waals surface area contributed by atoms with Gasteiger partial charge in [-0.25, -0.2) is 0 Å². The summed E-state index contributed by atoms with van der Waals surface area (Å²) in [5.41, 5.74) is 0.919. The number of rotatable bonds is 0. The summed E-state index contributed by atoms with van der Waals surface area (Å²) in [6.45, 7) is 0. The maximum atomic E-state index is 11.0. The number of nitrogens with zero attached hydrogens (tertiary/aromatic N) is 1. The molecule has 2 rings (SSSR count). The molecule has 0 atom stereocenters. The van der Waals surface area contributed by atoms with Gasteiger partial charge in [0.05, 0.1) is 11.1 Å². The molecule has 3 nitrogen and oxygen atoms in total. The summed E-state index contributed by atoms with van der Waals surface area (Å²) in [5, 5.41) is 9.63. The Balaban J connectivity index is 2.97. The van der Waals surface area contributed by atoms with Gasteiger partial charge in [-0.1, -0.05) is 12.1 Å². The molecule has 0 unspecified atom stereocenters. The second-order valence-electron chi connectivity index (χ2n) is 2.70. The largest absolute Gasteiger partial charge is 0.321 e. The molecule has 0 aliphatic heterocycles. The van der Waals surface area contributed by atoms with E-state index in [0.29, 0.717) is 11.1 Å². The van der Waals surface area contributed by atoms with Crippen LogP contribution in [0, 0.1) is 11.3 Å². The SMILES string of the molecule is N#Cc1cccc2ccc(=O)[nH]c12. The molecule has 0 spiro atoms. The number of hydrogen-bond donors (Lipinski definition) is 1. The van der Waals surface area contributed by atoms with E-state index in [1.54, 1.807) is 18.2 Å². The Morgan fingerprint density at radius 2 is 2.08 bits per heavy atom. The zero-order valence-electron chi connectivity index (χ0n) is 6.74. The van der Waals surface area contributed by atoms with Gasteiger partial charge in [0.25, 0.3) is 0 Å². The number of aromatic nitrogens is 1. The summed E-state index contributed by atoms with van der Waals surface area (Å²) in [4.78, 5) is 13.6. The second-order valence-corrected chi connectivity index (χ2v) is 2.70. The average molecular weight is 170 g/mol. The number of pyridine rings is 1. The highest BCUT2D eigenvalue weighted by molar-refractivity contribution is 5.83. The lowest BCUT2D eigenvalue weighted by Crippen LogP contribution is -2.03. The van der Waals surface area contributed by atoms with Gasteiger partial charge in [-0.2, -0.15) is 5.26 Å². The van der Waals surface area contributed by atoms with Gasteiger partial charge < -0.3 is 4.98 Å². The normalized spacial score (nSPS) is 9.77. The predicted molar refractivity (Wildman–Crippen MR) is 49.3 cm³/mol. The Hall–Kier alpha value is -2.08. The van der Waals surface area contributed by atoms with Crippen molar-refractivity contribution in [3.8, 4) is 6.07 Å². The van der Waals surface area contributed by atoms with Crippen molar-refractivity contribution in [2.45, 2.75) is 0 Å². The van der Waals surface area contributed by atoms with Gasteiger partial charge in [-0.15, -0.1) is 0 Å². The monoisotopic (exact) mass is 170 g/mol. The van der Waals surface area contributed by atoms with Gasteiger partial charge in [-0.05, 0) is 17.5 Å². The highest BCUT2D eigenvalue weighted by Gasteiger charge is 1.98. The fourth-order valence-electron chi connectivity index (χ4n) is 1.27. The quantitative estimate of drug-likeness (QED) is 0.649. The molecule has 2 aromatic rings. The molecule has 1 aromatic carbocycles. The maximum Gasteiger partial charge on any atom is 0.248 e. The smallest absolute Gasteiger partial charge is 0.248 e. The Kier molecular flexibility index (Phi) is 1.60. The van der Waals surface area contributed by atoms with Crippen LogP contribution in [0.5, 0.6) is 0 Å². The minimum Gasteiger partial charge on any atom is -0.321 e. The van der Waals surface area contributed by atoms with Gasteiger partial charge >= 0.3 is 0 Å². The molecule has 1 N–H and O–H groups in total. The predicted octanol–water partition coefficient (Wildman–Crippen LogP) is 1.40. The highest BCUT2D eigenvalue weighted by atomic mass is 16.1. The van der Waals surface area contributed by atoms with Crippen LogP contribution in [0.2, 0.25) is 0 Å². The van der Waals surface area contributed by atoms with Crippen molar-refractivity contribution < 1.29 is 0 Å². The molecule has 0 fully saturated rings. The van der Waals surface area contributed by atoms with Crippen molar-refractivity contribution in [1.82, 2.24) is 4.98 Å². The van der Waals surface area contributed by atoms with Gasteiger partial charge in [-0.3, -0.25) is 4.79 Å². The van der Waals surface area contributed by atoms with Crippen molar-refractivity contribution in [3.05, 3.63) is 46.2 Å². The Bertz CT molecular complexity index is 549. The lowest BCUT2D eigenvalue weighted by molar-refractivity contribution is 1.30. The molecule has 13 heavy (non-hydrogen) atoms. The van der Waals surface area contributed by atoms with Crippen LogP contribution in [0.4, 0.5) is 0 Å². The van der Waals surface area contributed by atoms with E-state index in [0.717, 1.165) is 5.39 Å². The van der Waals surface area contributed by atoms with Crippen LogP contribution in [0.25, 0.3) is 10.9 Å². The third-order valence-electron chi connectivity index (χ3n) is 1.88. The summed E-state index contributed by atoms with van der Waals surface area (Å²) >= 11 is 0. The van der Waals surface area contributed by atoms with Crippen LogP contribution in [0.3, 0.4) is 0 Å². The molecule has 0 amide bonds. The Labute approximate surface area is 74.3 Å². The summed E-state index contributed by atoms with van der Waals surface area (Å²) < 4.78 is 0. The summed E-state index contributed by atoms with van der Waals surface area (Å²) in [5.74, 6) is 0. The summed E-state index contributed by atoms with van der Waals surface area (Å²) in [6, 6.07) is 10.5. The van der Waals surface area contributed by atoms with Crippen molar-refractivity contribution in [3.63, 3.8) is 0 Å². The van der Waals surface area contributed by atoms with Crippen molar-refractivity contribution >= 4 is 10.9 Å². The molecule has 0 saturated heterocycles. The van der Waals surface area contributed by atoms with Crippen LogP contribution < -0.4 is 5.56 Å². The van der Waals surface area contributed by atoms with E-state index >= 15 is 0 Å². The van der Waals surface area contributed by atoms with E-state index < -0.39 is 0 Å². The minimum absolute atomic E-state index is 0.185. The highest BCUT2D eigenvalue weighted by Crippen LogP contribution is 2.12. The van der Waals surface area contributed by atoms with Crippen LogP contribution in [0.1, 0.15) is 5.56 Å². The first-order valence-electron chi connectivity index (χ1n) is 3.83. The second kappa shape index (κ2) is 2.76. The van der Waals surface area contributed by atoms with Crippen LogP contribution in [0.15, 0.2) is 35.1 Å². The molecule has 0 aliphatic carbocycles. The zero-order chi connectivity index (χ0) is 9.26. The first kappa shape index (κ1) is 7.56. The molecular weight excluding hydrogens is 164 g/mol. The maximum absolute atomic E-state index is 11.0. The van der Waals surface area contributed by atoms with Crippen molar-refractivity contribution in [2.75, 3.05) is 0 Å². The fourth-order valence-corrected chi connectivity index (χ4v) is 1.27. The van der Waals surface area contributed by atoms with Crippen molar-refractivity contribution in [1.29, 1.82) is 5.26 Å². The molecule has 0 saturated carbocycles. The number of nitrogens with one attached hydrogen (secondary N) is 1. The van der Waals surface area contributed by atoms with E-state index in [-0.39, 0.29) is 5.56 Å². The topological polar surface area (TPSA) is 56.6 Å². The first-order chi connectivity index (χ1) is 6.31. The molecule has 62 valence electrons. The van der Waals surface area contributed by atoms with Gasteiger partial charge in [0.15, 0.2) is 0 Å². The lowest BCUT2D eigenvalue weighted by atomic mass is 10.1. The standard InChI is InChI=1S/C10H6N2O/c11-6-8-3-1-2-7-4-5-9(13)12-10(7)8/h1-5H,(H,12,13). The van der Waals surface area contributed by atoms with Gasteiger partial charge in [0.1, 0.15) is 6.07 Å². The van der Waals surface area contributed by atoms with E-state index in [4.69, 9.17) is 5.26 Å². The zero-order valence-corrected chi connectivity index (χ0v) is 6.74. The molecule has 3 heteroatoms. The number of aromatic amines is 1. The number of benzene rings is 1. The molecule has 1 aromatic heterocycles. The van der Waals surface area contributed by atoms with E-state index in [9.17, 15) is 4.79 Å². The van der Waals surface area contributed by atoms with Crippen LogP contribution in [-0.2, 0) is 0 Å². The van der Waals surface area contributed by atoms with E-state index in [1.807, 2.05) is 12.1 Å². The fraction of sp³-hybridized carbons (Fsp3) is 0. The molecule has 0 bridgehead atoms. The minimum atomic E-state index is -0.185. The van der Waals surface area contributed by atoms with Crippen LogP contribution >= 0.6 is 0 Å². The van der Waals surface area contributed by atoms with E-state index in [2.05, 4.69) is 4.98 Å². The molecule has 0 radical (unpaired) electrons. The van der Waals surface area contributed by atoms with Crippen molar-refractivity contribution in [2.24, 2.45) is 0 Å². The van der Waals surface area contributed by atoms with Gasteiger partial charge in [0.2, 0.25) is 5.56 Å². The summed E-state index contributed by atoms with van der Waals surface area (Å²) in [6.07, 6.45) is 0. The average Bonchev–Trinajstić information content (AvgIpc) is 2.17. The number of hydrogen-bond acceptors (Lipinski definition) is 2. The molecular formula is C10H6N2O. The summed E-state index contributed by atoms with van der Waals surface area (Å²) in [7, 11) is 0. The third kappa shape index (κ3) is 1.18. The van der Waals surface area contributed by atoms with Gasteiger partial charge in [0, 0.05) is 6.07 Å². The lowest BCUT2D eigenvalue weighted by Gasteiger charge is -1.97. The number of nitriles is 1.